The number of aryl methyl sites for hydroxylation is 1. The molecule has 0 aliphatic rings. The zero-order valence-corrected chi connectivity index (χ0v) is 13.6. The summed E-state index contributed by atoms with van der Waals surface area (Å²) in [6.45, 7) is 0.355. The fourth-order valence-corrected chi connectivity index (χ4v) is 2.80. The summed E-state index contributed by atoms with van der Waals surface area (Å²) in [6.07, 6.45) is -2.09. The summed E-state index contributed by atoms with van der Waals surface area (Å²) < 4.78 is 39.5. The van der Waals surface area contributed by atoms with Crippen LogP contribution in [-0.4, -0.2) is 17.0 Å². The van der Waals surface area contributed by atoms with Gasteiger partial charge in [0.25, 0.3) is 5.91 Å². The van der Waals surface area contributed by atoms with Gasteiger partial charge in [-0.25, -0.2) is 0 Å². The molecule has 0 saturated carbocycles. The Morgan fingerprint density at radius 1 is 1.08 bits per heavy atom. The number of para-hydroxylation sites is 1. The minimum atomic E-state index is -4.33. The molecule has 1 amide bonds. The van der Waals surface area contributed by atoms with E-state index in [9.17, 15) is 18.0 Å². The van der Waals surface area contributed by atoms with Gasteiger partial charge in [0.1, 0.15) is 0 Å². The van der Waals surface area contributed by atoms with Gasteiger partial charge in [0.2, 0.25) is 0 Å². The first kappa shape index (κ1) is 17.1. The lowest BCUT2D eigenvalue weighted by Crippen LogP contribution is -2.25. The minimum absolute atomic E-state index is 0.191. The highest BCUT2D eigenvalue weighted by Crippen LogP contribution is 2.29. The number of hydrogen-bond donors (Lipinski definition) is 1. The van der Waals surface area contributed by atoms with Gasteiger partial charge in [0.15, 0.2) is 0 Å². The molecule has 6 heteroatoms. The zero-order chi connectivity index (χ0) is 18.0. The molecule has 1 N–H and O–H groups in total. The molecule has 0 unspecified atom stereocenters. The van der Waals surface area contributed by atoms with E-state index < -0.39 is 11.7 Å². The second-order valence-electron chi connectivity index (χ2n) is 5.87. The molecule has 0 aliphatic carbocycles. The van der Waals surface area contributed by atoms with Crippen LogP contribution in [0, 0.1) is 0 Å². The van der Waals surface area contributed by atoms with Crippen molar-refractivity contribution in [3.8, 4) is 0 Å². The van der Waals surface area contributed by atoms with Crippen molar-refractivity contribution in [2.75, 3.05) is 6.54 Å². The van der Waals surface area contributed by atoms with Crippen molar-refractivity contribution in [3.63, 3.8) is 0 Å². The van der Waals surface area contributed by atoms with E-state index in [1.54, 1.807) is 6.20 Å². The highest BCUT2D eigenvalue weighted by Gasteiger charge is 2.29. The first-order valence-corrected chi connectivity index (χ1v) is 7.84. The summed E-state index contributed by atoms with van der Waals surface area (Å²) in [6, 6.07) is 12.6. The average Bonchev–Trinajstić information content (AvgIpc) is 2.92. The number of nitrogens with one attached hydrogen (secondary N) is 1. The Hall–Kier alpha value is -2.76. The van der Waals surface area contributed by atoms with Crippen molar-refractivity contribution in [3.05, 3.63) is 71.4 Å². The summed E-state index contributed by atoms with van der Waals surface area (Å²) in [5.74, 6) is -0.191. The molecule has 3 nitrogen and oxygen atoms in total. The second-order valence-corrected chi connectivity index (χ2v) is 5.87. The molecule has 1 aromatic heterocycles. The molecule has 0 aliphatic heterocycles. The lowest BCUT2D eigenvalue weighted by atomic mass is 10.1. The van der Waals surface area contributed by atoms with Crippen LogP contribution in [0.25, 0.3) is 10.9 Å². The van der Waals surface area contributed by atoms with E-state index in [2.05, 4.69) is 5.32 Å². The van der Waals surface area contributed by atoms with Crippen molar-refractivity contribution >= 4 is 16.8 Å². The van der Waals surface area contributed by atoms with Crippen molar-refractivity contribution in [2.45, 2.75) is 12.6 Å². The first-order valence-electron chi connectivity index (χ1n) is 7.84. The Morgan fingerprint density at radius 3 is 2.44 bits per heavy atom. The van der Waals surface area contributed by atoms with Crippen molar-refractivity contribution in [1.29, 1.82) is 0 Å². The minimum Gasteiger partial charge on any atom is -0.352 e. The third-order valence-corrected chi connectivity index (χ3v) is 4.12. The van der Waals surface area contributed by atoms with Crippen LogP contribution in [0.4, 0.5) is 13.2 Å². The third kappa shape index (κ3) is 3.68. The number of nitrogens with zero attached hydrogens (tertiary/aromatic N) is 1. The van der Waals surface area contributed by atoms with Gasteiger partial charge in [-0.05, 0) is 30.2 Å². The van der Waals surface area contributed by atoms with E-state index in [-0.39, 0.29) is 5.91 Å². The van der Waals surface area contributed by atoms with Gasteiger partial charge in [0, 0.05) is 30.7 Å². The summed E-state index contributed by atoms with van der Waals surface area (Å²) >= 11 is 0. The van der Waals surface area contributed by atoms with Crippen LogP contribution in [0.1, 0.15) is 21.5 Å². The molecule has 130 valence electrons. The summed E-state index contributed by atoms with van der Waals surface area (Å²) in [7, 11) is 1.88. The number of alkyl halides is 3. The molecular formula is C19H17F3N2O. The standard InChI is InChI=1S/C19H17F3N2O/c1-24-12-16(15-4-2-3-5-17(15)24)18(25)23-11-10-13-6-8-14(9-7-13)19(20,21)22/h2-9,12H,10-11H2,1H3,(H,23,25). The number of carbonyl (C=O) groups excluding carboxylic acids is 1. The van der Waals surface area contributed by atoms with Gasteiger partial charge in [-0.3, -0.25) is 4.79 Å². The quantitative estimate of drug-likeness (QED) is 0.756. The van der Waals surface area contributed by atoms with Crippen LogP contribution in [0.15, 0.2) is 54.7 Å². The number of carbonyl (C=O) groups is 1. The Balaban J connectivity index is 1.63. The number of halogens is 3. The Labute approximate surface area is 143 Å². The monoisotopic (exact) mass is 346 g/mol. The molecule has 0 spiro atoms. The first-order chi connectivity index (χ1) is 11.9. The smallest absolute Gasteiger partial charge is 0.352 e. The van der Waals surface area contributed by atoms with Crippen molar-refractivity contribution in [2.24, 2.45) is 7.05 Å². The predicted octanol–water partition coefficient (Wildman–Crippen LogP) is 4.17. The number of rotatable bonds is 4. The van der Waals surface area contributed by atoms with E-state index in [4.69, 9.17) is 0 Å². The van der Waals surface area contributed by atoms with Crippen molar-refractivity contribution in [1.82, 2.24) is 9.88 Å². The van der Waals surface area contributed by atoms with Gasteiger partial charge in [-0.1, -0.05) is 30.3 Å². The van der Waals surface area contributed by atoms with E-state index >= 15 is 0 Å². The Bertz CT molecular complexity index is 895. The van der Waals surface area contributed by atoms with E-state index in [1.165, 1.54) is 12.1 Å². The maximum atomic E-state index is 12.5. The third-order valence-electron chi connectivity index (χ3n) is 4.12. The molecule has 1 heterocycles. The average molecular weight is 346 g/mol. The molecule has 0 bridgehead atoms. The number of aromatic nitrogens is 1. The van der Waals surface area contributed by atoms with E-state index in [1.807, 2.05) is 35.9 Å². The topological polar surface area (TPSA) is 34.0 Å². The SMILES string of the molecule is Cn1cc(C(=O)NCCc2ccc(C(F)(F)F)cc2)c2ccccc21. The maximum absolute atomic E-state index is 12.5. The van der Waals surface area contributed by atoms with Gasteiger partial charge >= 0.3 is 6.18 Å². The molecule has 25 heavy (non-hydrogen) atoms. The zero-order valence-electron chi connectivity index (χ0n) is 13.6. The lowest BCUT2D eigenvalue weighted by molar-refractivity contribution is -0.137. The summed E-state index contributed by atoms with van der Waals surface area (Å²) in [5, 5.41) is 3.70. The van der Waals surface area contributed by atoms with E-state index in [0.29, 0.717) is 18.5 Å². The number of amides is 1. The van der Waals surface area contributed by atoms with Crippen molar-refractivity contribution < 1.29 is 18.0 Å². The van der Waals surface area contributed by atoms with Crippen LogP contribution in [0.2, 0.25) is 0 Å². The maximum Gasteiger partial charge on any atom is 0.416 e. The molecule has 2 aromatic carbocycles. The predicted molar refractivity (Wildman–Crippen MR) is 90.4 cm³/mol. The lowest BCUT2D eigenvalue weighted by Gasteiger charge is -2.08. The van der Waals surface area contributed by atoms with Crippen LogP contribution < -0.4 is 5.32 Å². The number of hydrogen-bond acceptors (Lipinski definition) is 1. The fourth-order valence-electron chi connectivity index (χ4n) is 2.80. The Kier molecular flexibility index (Phi) is 4.53. The summed E-state index contributed by atoms with van der Waals surface area (Å²) in [4.78, 5) is 12.4. The highest BCUT2D eigenvalue weighted by atomic mass is 19.4. The van der Waals surface area contributed by atoms with Crippen LogP contribution >= 0.6 is 0 Å². The van der Waals surface area contributed by atoms with Crippen LogP contribution in [-0.2, 0) is 19.6 Å². The molecule has 0 saturated heterocycles. The number of fused-ring (bicyclic) bond motifs is 1. The molecule has 3 rings (SSSR count). The second kappa shape index (κ2) is 6.63. The van der Waals surface area contributed by atoms with Gasteiger partial charge in [0.05, 0.1) is 11.1 Å². The molecule has 0 atom stereocenters. The molecule has 0 fully saturated rings. The summed E-state index contributed by atoms with van der Waals surface area (Å²) in [5.41, 5.74) is 1.63. The Morgan fingerprint density at radius 2 is 1.76 bits per heavy atom. The molecule has 0 radical (unpaired) electrons. The highest BCUT2D eigenvalue weighted by molar-refractivity contribution is 6.06. The van der Waals surface area contributed by atoms with E-state index in [0.717, 1.165) is 28.6 Å². The molecule has 3 aromatic rings. The van der Waals surface area contributed by atoms with Gasteiger partial charge in [-0.2, -0.15) is 13.2 Å². The van der Waals surface area contributed by atoms with Gasteiger partial charge < -0.3 is 9.88 Å². The molecular weight excluding hydrogens is 329 g/mol. The van der Waals surface area contributed by atoms with Gasteiger partial charge in [-0.15, -0.1) is 0 Å². The van der Waals surface area contributed by atoms with Crippen LogP contribution in [0.3, 0.4) is 0 Å². The number of benzene rings is 2. The fraction of sp³-hybridized carbons (Fsp3) is 0.211. The van der Waals surface area contributed by atoms with Crippen LogP contribution in [0.5, 0.6) is 0 Å². The normalized spacial score (nSPS) is 11.7. The largest absolute Gasteiger partial charge is 0.416 e.